The number of nitrogens with two attached hydrogens (primary N) is 1. The summed E-state index contributed by atoms with van der Waals surface area (Å²) in [4.78, 5) is 0. The first kappa shape index (κ1) is 11.9. The van der Waals surface area contributed by atoms with E-state index in [1.807, 2.05) is 0 Å². The minimum Gasteiger partial charge on any atom is -0.452 e. The Morgan fingerprint density at radius 3 is 2.47 bits per heavy atom. The number of hydrogen-bond acceptors (Lipinski definition) is 2. The largest absolute Gasteiger partial charge is 0.452 e. The van der Waals surface area contributed by atoms with Gasteiger partial charge in [-0.2, -0.15) is 0 Å². The summed E-state index contributed by atoms with van der Waals surface area (Å²) >= 11 is 3.02. The summed E-state index contributed by atoms with van der Waals surface area (Å²) in [6.45, 7) is 0. The molecule has 0 saturated carbocycles. The number of anilines is 1. The lowest BCUT2D eigenvalue weighted by Crippen LogP contribution is -1.95. The SMILES string of the molecule is Nc1cccc(F)c1Oc1ccc(F)c(Br)c1. The first-order valence-corrected chi connectivity index (χ1v) is 5.54. The maximum atomic E-state index is 13.4. The van der Waals surface area contributed by atoms with Gasteiger partial charge in [0.05, 0.1) is 10.2 Å². The molecule has 0 aromatic heterocycles. The third-order valence-electron chi connectivity index (χ3n) is 2.11. The van der Waals surface area contributed by atoms with Crippen LogP contribution >= 0.6 is 15.9 Å². The molecule has 0 atom stereocenters. The van der Waals surface area contributed by atoms with Gasteiger partial charge in [0, 0.05) is 0 Å². The van der Waals surface area contributed by atoms with Crippen LogP contribution in [0.3, 0.4) is 0 Å². The Labute approximate surface area is 105 Å². The molecule has 0 aliphatic heterocycles. The zero-order valence-electron chi connectivity index (χ0n) is 8.58. The summed E-state index contributed by atoms with van der Waals surface area (Å²) in [6, 6.07) is 8.27. The normalized spacial score (nSPS) is 10.3. The Hall–Kier alpha value is -1.62. The maximum Gasteiger partial charge on any atom is 0.185 e. The number of ether oxygens (including phenoxy) is 1. The van der Waals surface area contributed by atoms with E-state index < -0.39 is 11.6 Å². The molecule has 88 valence electrons. The first-order chi connectivity index (χ1) is 8.08. The fourth-order valence-corrected chi connectivity index (χ4v) is 1.65. The van der Waals surface area contributed by atoms with E-state index in [0.717, 1.165) is 0 Å². The molecule has 17 heavy (non-hydrogen) atoms. The van der Waals surface area contributed by atoms with Gasteiger partial charge < -0.3 is 10.5 Å². The van der Waals surface area contributed by atoms with Crippen molar-refractivity contribution in [3.63, 3.8) is 0 Å². The van der Waals surface area contributed by atoms with Gasteiger partial charge in [0.1, 0.15) is 11.6 Å². The van der Waals surface area contributed by atoms with E-state index in [2.05, 4.69) is 15.9 Å². The number of benzene rings is 2. The molecule has 2 aromatic rings. The summed E-state index contributed by atoms with van der Waals surface area (Å²) in [5, 5.41) is 0. The topological polar surface area (TPSA) is 35.2 Å². The van der Waals surface area contributed by atoms with Gasteiger partial charge in [0.2, 0.25) is 0 Å². The second kappa shape index (κ2) is 4.71. The summed E-state index contributed by atoms with van der Waals surface area (Å²) < 4.78 is 31.9. The molecular weight excluding hydrogens is 292 g/mol. The monoisotopic (exact) mass is 299 g/mol. The Kier molecular flexibility index (Phi) is 3.28. The average molecular weight is 300 g/mol. The molecule has 2 N–H and O–H groups in total. The first-order valence-electron chi connectivity index (χ1n) is 4.75. The molecular formula is C12H8BrF2NO. The zero-order valence-corrected chi connectivity index (χ0v) is 10.2. The molecule has 2 aromatic carbocycles. The van der Waals surface area contributed by atoms with Crippen LogP contribution in [0.15, 0.2) is 40.9 Å². The van der Waals surface area contributed by atoms with Crippen molar-refractivity contribution < 1.29 is 13.5 Å². The summed E-state index contributed by atoms with van der Waals surface area (Å²) in [5.41, 5.74) is 5.77. The van der Waals surface area contributed by atoms with Crippen LogP contribution in [0.1, 0.15) is 0 Å². The van der Waals surface area contributed by atoms with Gasteiger partial charge >= 0.3 is 0 Å². The van der Waals surface area contributed by atoms with Crippen molar-refractivity contribution in [3.05, 3.63) is 52.5 Å². The van der Waals surface area contributed by atoms with Gasteiger partial charge in [-0.3, -0.25) is 0 Å². The second-order valence-electron chi connectivity index (χ2n) is 3.34. The minimum absolute atomic E-state index is 0.0639. The molecule has 0 aliphatic rings. The molecule has 0 fully saturated rings. The van der Waals surface area contributed by atoms with Crippen molar-refractivity contribution >= 4 is 21.6 Å². The standard InChI is InChI=1S/C12H8BrF2NO/c13-8-6-7(4-5-9(8)14)17-12-10(15)2-1-3-11(12)16/h1-6H,16H2. The lowest BCUT2D eigenvalue weighted by Gasteiger charge is -2.09. The Bertz CT molecular complexity index is 540. The smallest absolute Gasteiger partial charge is 0.185 e. The number of hydrogen-bond donors (Lipinski definition) is 1. The van der Waals surface area contributed by atoms with Crippen LogP contribution in [0.2, 0.25) is 0 Å². The van der Waals surface area contributed by atoms with Crippen LogP contribution in [-0.2, 0) is 0 Å². The molecule has 0 amide bonds. The van der Waals surface area contributed by atoms with E-state index in [1.165, 1.54) is 36.4 Å². The Morgan fingerprint density at radius 2 is 1.82 bits per heavy atom. The number of halogens is 3. The van der Waals surface area contributed by atoms with Crippen LogP contribution < -0.4 is 10.5 Å². The fourth-order valence-electron chi connectivity index (χ4n) is 1.29. The molecule has 2 nitrogen and oxygen atoms in total. The van der Waals surface area contributed by atoms with Crippen molar-refractivity contribution in [1.29, 1.82) is 0 Å². The van der Waals surface area contributed by atoms with E-state index in [1.54, 1.807) is 0 Å². The van der Waals surface area contributed by atoms with Gasteiger partial charge in [-0.15, -0.1) is 0 Å². The molecule has 5 heteroatoms. The number of rotatable bonds is 2. The van der Waals surface area contributed by atoms with E-state index in [-0.39, 0.29) is 15.9 Å². The van der Waals surface area contributed by atoms with Crippen LogP contribution in [0.25, 0.3) is 0 Å². The molecule has 0 spiro atoms. The second-order valence-corrected chi connectivity index (χ2v) is 4.19. The van der Waals surface area contributed by atoms with Crippen molar-refractivity contribution in [3.8, 4) is 11.5 Å². The van der Waals surface area contributed by atoms with Crippen molar-refractivity contribution in [2.75, 3.05) is 5.73 Å². The van der Waals surface area contributed by atoms with Gasteiger partial charge in [-0.1, -0.05) is 6.07 Å². The molecule has 0 aliphatic carbocycles. The van der Waals surface area contributed by atoms with Crippen LogP contribution in [0.5, 0.6) is 11.5 Å². The van der Waals surface area contributed by atoms with E-state index in [4.69, 9.17) is 10.5 Å². The van der Waals surface area contributed by atoms with Gasteiger partial charge in [-0.25, -0.2) is 8.78 Å². The zero-order chi connectivity index (χ0) is 12.4. The highest BCUT2D eigenvalue weighted by Crippen LogP contribution is 2.31. The number of nitrogen functional groups attached to an aromatic ring is 1. The number of para-hydroxylation sites is 1. The van der Waals surface area contributed by atoms with Crippen LogP contribution in [-0.4, -0.2) is 0 Å². The van der Waals surface area contributed by atoms with Gasteiger partial charge in [-0.05, 0) is 46.3 Å². The quantitative estimate of drug-likeness (QED) is 0.847. The maximum absolute atomic E-state index is 13.4. The summed E-state index contributed by atoms with van der Waals surface area (Å²) in [7, 11) is 0. The third-order valence-corrected chi connectivity index (χ3v) is 2.72. The average Bonchev–Trinajstić information content (AvgIpc) is 2.28. The van der Waals surface area contributed by atoms with Gasteiger partial charge in [0.25, 0.3) is 0 Å². The van der Waals surface area contributed by atoms with Crippen molar-refractivity contribution in [2.24, 2.45) is 0 Å². The molecule has 0 unspecified atom stereocenters. The molecule has 0 heterocycles. The van der Waals surface area contributed by atoms with E-state index in [9.17, 15) is 8.78 Å². The molecule has 2 rings (SSSR count). The molecule has 0 radical (unpaired) electrons. The fraction of sp³-hybridized carbons (Fsp3) is 0. The van der Waals surface area contributed by atoms with Crippen LogP contribution in [0.4, 0.5) is 14.5 Å². The predicted molar refractivity (Wildman–Crippen MR) is 65.0 cm³/mol. The highest BCUT2D eigenvalue weighted by Gasteiger charge is 2.09. The summed E-state index contributed by atoms with van der Waals surface area (Å²) in [6.07, 6.45) is 0. The highest BCUT2D eigenvalue weighted by atomic mass is 79.9. The Balaban J connectivity index is 2.35. The van der Waals surface area contributed by atoms with E-state index in [0.29, 0.717) is 5.75 Å². The molecule has 0 saturated heterocycles. The van der Waals surface area contributed by atoms with E-state index >= 15 is 0 Å². The minimum atomic E-state index is -0.564. The van der Waals surface area contributed by atoms with Crippen LogP contribution in [0, 0.1) is 11.6 Å². The van der Waals surface area contributed by atoms with Crippen molar-refractivity contribution in [1.82, 2.24) is 0 Å². The highest BCUT2D eigenvalue weighted by molar-refractivity contribution is 9.10. The lowest BCUT2D eigenvalue weighted by atomic mass is 10.3. The van der Waals surface area contributed by atoms with Crippen molar-refractivity contribution in [2.45, 2.75) is 0 Å². The van der Waals surface area contributed by atoms with Gasteiger partial charge in [0.15, 0.2) is 11.6 Å². The summed E-state index contributed by atoms with van der Waals surface area (Å²) in [5.74, 6) is -0.745. The lowest BCUT2D eigenvalue weighted by molar-refractivity contribution is 0.443. The predicted octanol–water partition coefficient (Wildman–Crippen LogP) is 4.10. The molecule has 0 bridgehead atoms. The third kappa shape index (κ3) is 2.55. The Morgan fingerprint density at radius 1 is 1.06 bits per heavy atom.